The van der Waals surface area contributed by atoms with Crippen molar-refractivity contribution in [2.75, 3.05) is 13.1 Å². The van der Waals surface area contributed by atoms with E-state index in [1.807, 2.05) is 63.2 Å². The number of nitrogens with zero attached hydrogens (tertiary/aromatic N) is 2. The van der Waals surface area contributed by atoms with E-state index >= 15 is 0 Å². The lowest BCUT2D eigenvalue weighted by Crippen LogP contribution is -2.57. The van der Waals surface area contributed by atoms with Crippen LogP contribution in [0.2, 0.25) is 0 Å². The van der Waals surface area contributed by atoms with Crippen molar-refractivity contribution in [3.8, 4) is 0 Å². The summed E-state index contributed by atoms with van der Waals surface area (Å²) in [5, 5.41) is 11.4. The lowest BCUT2D eigenvalue weighted by atomic mass is 9.78. The summed E-state index contributed by atoms with van der Waals surface area (Å²) in [4.78, 5) is 29.8. The fourth-order valence-electron chi connectivity index (χ4n) is 4.97. The Morgan fingerprint density at radius 3 is 2.56 bits per heavy atom. The number of hydrogen-bond acceptors (Lipinski definition) is 4. The van der Waals surface area contributed by atoms with Gasteiger partial charge >= 0.3 is 6.09 Å². The predicted molar refractivity (Wildman–Crippen MR) is 135 cm³/mol. The number of aliphatic hydroxyl groups excluding tert-OH is 1. The Morgan fingerprint density at radius 1 is 1.21 bits per heavy atom. The number of β-amino-alcohol motifs (C(OH)–C–C–N with tert-alkyl or cyclic N) is 1. The third-order valence-corrected chi connectivity index (χ3v) is 7.08. The average Bonchev–Trinajstić information content (AvgIpc) is 2.75. The molecule has 34 heavy (non-hydrogen) atoms. The Hall–Kier alpha value is -2.38. The van der Waals surface area contributed by atoms with E-state index in [1.54, 1.807) is 9.80 Å². The summed E-state index contributed by atoms with van der Waals surface area (Å²) >= 11 is 3.51. The normalized spacial score (nSPS) is 20.4. The smallest absolute Gasteiger partial charge is 0.410 e. The van der Waals surface area contributed by atoms with Crippen molar-refractivity contribution in [1.82, 2.24) is 9.80 Å². The first-order chi connectivity index (χ1) is 15.9. The maximum Gasteiger partial charge on any atom is 0.410 e. The fraction of sp³-hybridized carbons (Fsp3) is 0.481. The molecule has 1 N–H and O–H groups in total. The average molecular weight is 529 g/mol. The third-order valence-electron chi connectivity index (χ3n) is 6.58. The van der Waals surface area contributed by atoms with E-state index in [4.69, 9.17) is 4.74 Å². The molecule has 0 bridgehead atoms. The largest absolute Gasteiger partial charge is 0.444 e. The maximum atomic E-state index is 13.3. The van der Waals surface area contributed by atoms with Crippen molar-refractivity contribution < 1.29 is 19.4 Å². The van der Waals surface area contributed by atoms with E-state index in [9.17, 15) is 14.7 Å². The Balaban J connectivity index is 1.60. The van der Waals surface area contributed by atoms with E-state index in [1.165, 1.54) is 0 Å². The SMILES string of the molecule is CC(C)(C)OC(=O)N1Cc2ccccc2C[C@H]1[C@H](O)CN1CC(C)(C)c2cc(Br)ccc2C1=O. The van der Waals surface area contributed by atoms with Gasteiger partial charge in [-0.05, 0) is 62.1 Å². The minimum absolute atomic E-state index is 0.0964. The van der Waals surface area contributed by atoms with Crippen molar-refractivity contribution in [3.63, 3.8) is 0 Å². The number of amides is 2. The van der Waals surface area contributed by atoms with Crippen LogP contribution < -0.4 is 0 Å². The van der Waals surface area contributed by atoms with Crippen LogP contribution in [-0.4, -0.2) is 57.7 Å². The molecule has 0 spiro atoms. The zero-order valence-electron chi connectivity index (χ0n) is 20.5. The quantitative estimate of drug-likeness (QED) is 0.614. The number of halogens is 1. The first-order valence-electron chi connectivity index (χ1n) is 11.7. The van der Waals surface area contributed by atoms with E-state index in [0.717, 1.165) is 21.2 Å². The number of ether oxygens (including phenoxy) is 1. The molecule has 2 heterocycles. The summed E-state index contributed by atoms with van der Waals surface area (Å²) in [5.41, 5.74) is 2.90. The van der Waals surface area contributed by atoms with Gasteiger partial charge in [0.15, 0.2) is 0 Å². The van der Waals surface area contributed by atoms with Gasteiger partial charge in [0.2, 0.25) is 0 Å². The van der Waals surface area contributed by atoms with Gasteiger partial charge < -0.3 is 14.7 Å². The van der Waals surface area contributed by atoms with Crippen molar-refractivity contribution in [1.29, 1.82) is 0 Å². The maximum absolute atomic E-state index is 13.3. The highest BCUT2D eigenvalue weighted by atomic mass is 79.9. The van der Waals surface area contributed by atoms with Crippen LogP contribution >= 0.6 is 15.9 Å². The molecule has 0 fully saturated rings. The molecule has 0 saturated heterocycles. The van der Waals surface area contributed by atoms with Crippen LogP contribution in [0, 0.1) is 0 Å². The van der Waals surface area contributed by atoms with Crippen molar-refractivity contribution in [2.45, 2.75) is 70.7 Å². The highest BCUT2D eigenvalue weighted by Gasteiger charge is 2.41. The van der Waals surface area contributed by atoms with Gasteiger partial charge in [-0.2, -0.15) is 0 Å². The number of benzene rings is 2. The van der Waals surface area contributed by atoms with Gasteiger partial charge in [-0.1, -0.05) is 54.0 Å². The van der Waals surface area contributed by atoms with Crippen LogP contribution in [0.4, 0.5) is 4.79 Å². The molecule has 2 aliphatic rings. The van der Waals surface area contributed by atoms with E-state index in [2.05, 4.69) is 29.8 Å². The second-order valence-corrected chi connectivity index (χ2v) is 11.9. The molecule has 7 heteroatoms. The van der Waals surface area contributed by atoms with E-state index in [0.29, 0.717) is 25.1 Å². The zero-order valence-corrected chi connectivity index (χ0v) is 22.1. The first-order valence-corrected chi connectivity index (χ1v) is 12.5. The van der Waals surface area contributed by atoms with Crippen molar-refractivity contribution >= 4 is 27.9 Å². The number of rotatable bonds is 3. The van der Waals surface area contributed by atoms with Gasteiger partial charge in [0.05, 0.1) is 12.1 Å². The van der Waals surface area contributed by atoms with Crippen molar-refractivity contribution in [3.05, 3.63) is 69.2 Å². The molecule has 0 aliphatic carbocycles. The second kappa shape index (κ2) is 9.00. The lowest BCUT2D eigenvalue weighted by Gasteiger charge is -2.44. The minimum atomic E-state index is -0.919. The van der Waals surface area contributed by atoms with E-state index in [-0.39, 0.29) is 17.9 Å². The van der Waals surface area contributed by atoms with Gasteiger partial charge in [-0.15, -0.1) is 0 Å². The van der Waals surface area contributed by atoms with Crippen LogP contribution in [0.5, 0.6) is 0 Å². The number of aliphatic hydroxyl groups is 1. The molecule has 0 radical (unpaired) electrons. The van der Waals surface area contributed by atoms with Gasteiger partial charge in [0, 0.05) is 35.1 Å². The monoisotopic (exact) mass is 528 g/mol. The zero-order chi connectivity index (χ0) is 24.8. The molecule has 2 aliphatic heterocycles. The summed E-state index contributed by atoms with van der Waals surface area (Å²) < 4.78 is 6.60. The highest BCUT2D eigenvalue weighted by molar-refractivity contribution is 9.10. The molecule has 2 aromatic rings. The number of fused-ring (bicyclic) bond motifs is 2. The summed E-state index contributed by atoms with van der Waals surface area (Å²) in [6, 6.07) is 13.2. The summed E-state index contributed by atoms with van der Waals surface area (Å²) in [5.74, 6) is -0.0964. The van der Waals surface area contributed by atoms with Crippen LogP contribution in [-0.2, 0) is 23.1 Å². The number of hydrogen-bond donors (Lipinski definition) is 1. The third kappa shape index (κ3) is 5.01. The molecule has 0 unspecified atom stereocenters. The Kier molecular flexibility index (Phi) is 6.55. The topological polar surface area (TPSA) is 70.1 Å². The van der Waals surface area contributed by atoms with Crippen LogP contribution in [0.25, 0.3) is 0 Å². The second-order valence-electron chi connectivity index (χ2n) is 11.0. The van der Waals surface area contributed by atoms with Crippen molar-refractivity contribution in [2.24, 2.45) is 0 Å². The molecular weight excluding hydrogens is 496 g/mol. The molecule has 2 aromatic carbocycles. The molecule has 2 atom stereocenters. The Labute approximate surface area is 210 Å². The van der Waals surface area contributed by atoms with Gasteiger partial charge in [-0.3, -0.25) is 9.69 Å². The Bertz CT molecular complexity index is 1110. The fourth-order valence-corrected chi connectivity index (χ4v) is 5.33. The molecule has 6 nitrogen and oxygen atoms in total. The molecule has 0 saturated carbocycles. The number of carbonyl (C=O) groups is 2. The molecule has 2 amide bonds. The molecule has 182 valence electrons. The summed E-state index contributed by atoms with van der Waals surface area (Å²) in [7, 11) is 0. The van der Waals surface area contributed by atoms with Gasteiger partial charge in [0.1, 0.15) is 5.60 Å². The summed E-state index contributed by atoms with van der Waals surface area (Å²) in [6.45, 7) is 10.7. The standard InChI is InChI=1S/C27H33BrN2O4/c1-26(2,3)34-25(33)30-14-18-9-7-6-8-17(18)12-22(30)23(31)15-29-16-27(4,5)21-13-19(28)10-11-20(21)24(29)32/h6-11,13,22-23,31H,12,14-16H2,1-5H3/t22-,23+/m0/s1. The number of carbonyl (C=O) groups excluding carboxylic acids is 2. The van der Waals surface area contributed by atoms with E-state index < -0.39 is 23.8 Å². The molecular formula is C27H33BrN2O4. The van der Waals surface area contributed by atoms with Gasteiger partial charge in [0.25, 0.3) is 5.91 Å². The Morgan fingerprint density at radius 2 is 1.88 bits per heavy atom. The molecule has 4 rings (SSSR count). The first kappa shape index (κ1) is 24.7. The highest BCUT2D eigenvalue weighted by Crippen LogP contribution is 2.36. The minimum Gasteiger partial charge on any atom is -0.444 e. The van der Waals surface area contributed by atoms with Crippen LogP contribution in [0.15, 0.2) is 46.9 Å². The van der Waals surface area contributed by atoms with Crippen LogP contribution in [0.1, 0.15) is 61.7 Å². The predicted octanol–water partition coefficient (Wildman–Crippen LogP) is 4.91. The molecule has 0 aromatic heterocycles. The lowest BCUT2D eigenvalue weighted by molar-refractivity contribution is -0.0193. The summed E-state index contributed by atoms with van der Waals surface area (Å²) in [6.07, 6.45) is -0.866. The van der Waals surface area contributed by atoms with Gasteiger partial charge in [-0.25, -0.2) is 4.79 Å². The van der Waals surface area contributed by atoms with Crippen LogP contribution in [0.3, 0.4) is 0 Å².